The van der Waals surface area contributed by atoms with Crippen LogP contribution in [0.1, 0.15) is 12.1 Å². The number of hydrogen-bond acceptors (Lipinski definition) is 7. The van der Waals surface area contributed by atoms with Crippen LogP contribution in [0.15, 0.2) is 28.5 Å². The van der Waals surface area contributed by atoms with E-state index in [1.807, 2.05) is 19.1 Å². The van der Waals surface area contributed by atoms with Crippen molar-refractivity contribution in [2.75, 3.05) is 29.6 Å². The second-order valence-corrected chi connectivity index (χ2v) is 8.18. The number of carbonyl (C=O) groups is 2. The van der Waals surface area contributed by atoms with Gasteiger partial charge >= 0.3 is 0 Å². The molecule has 1 aromatic carbocycles. The summed E-state index contributed by atoms with van der Waals surface area (Å²) in [6.45, 7) is 2.16. The maximum atomic E-state index is 12.6. The number of nitrogens with one attached hydrogen (secondary N) is 1. The third-order valence-corrected chi connectivity index (χ3v) is 6.41. The average Bonchev–Trinajstić information content (AvgIpc) is 3.22. The maximum absolute atomic E-state index is 12.6. The smallest absolute Gasteiger partial charge is 0.231 e. The molecule has 2 amide bonds. The van der Waals surface area contributed by atoms with Gasteiger partial charge in [0.05, 0.1) is 34.8 Å². The zero-order chi connectivity index (χ0) is 19.4. The SMILES string of the molecule is COc1cccc(N2CC(C(=O)Nc3nc(C)c(SCC#N)s3)CC2=O)c1. The molecule has 0 aliphatic carbocycles. The zero-order valence-corrected chi connectivity index (χ0v) is 16.5. The van der Waals surface area contributed by atoms with Crippen LogP contribution in [-0.4, -0.2) is 36.2 Å². The van der Waals surface area contributed by atoms with Crippen LogP contribution in [-0.2, 0) is 9.59 Å². The fourth-order valence-corrected chi connectivity index (χ4v) is 4.59. The highest BCUT2D eigenvalue weighted by Crippen LogP contribution is 2.33. The highest BCUT2D eigenvalue weighted by molar-refractivity contribution is 8.01. The molecule has 0 saturated carbocycles. The molecule has 0 bridgehead atoms. The number of anilines is 2. The molecule has 1 aliphatic heterocycles. The van der Waals surface area contributed by atoms with Crippen molar-refractivity contribution in [3.05, 3.63) is 30.0 Å². The van der Waals surface area contributed by atoms with Crippen LogP contribution in [0, 0.1) is 24.2 Å². The first-order chi connectivity index (χ1) is 13.0. The highest BCUT2D eigenvalue weighted by Gasteiger charge is 2.35. The number of nitriles is 1. The van der Waals surface area contributed by atoms with Crippen LogP contribution in [0.4, 0.5) is 10.8 Å². The fraction of sp³-hybridized carbons (Fsp3) is 0.333. The minimum absolute atomic E-state index is 0.0935. The molecule has 1 fully saturated rings. The minimum atomic E-state index is -0.442. The summed E-state index contributed by atoms with van der Waals surface area (Å²) in [7, 11) is 1.57. The molecular formula is C18H18N4O3S2. The van der Waals surface area contributed by atoms with Crippen LogP contribution >= 0.6 is 23.1 Å². The number of aromatic nitrogens is 1. The predicted octanol–water partition coefficient (Wildman–Crippen LogP) is 3.07. The Labute approximate surface area is 165 Å². The van der Waals surface area contributed by atoms with Gasteiger partial charge in [0.15, 0.2) is 5.13 Å². The van der Waals surface area contributed by atoms with Crippen molar-refractivity contribution in [1.29, 1.82) is 5.26 Å². The van der Waals surface area contributed by atoms with Gasteiger partial charge in [0.25, 0.3) is 0 Å². The number of carbonyl (C=O) groups excluding carboxylic acids is 2. The normalized spacial score (nSPS) is 16.3. The van der Waals surface area contributed by atoms with E-state index in [9.17, 15) is 9.59 Å². The van der Waals surface area contributed by atoms with E-state index in [1.165, 1.54) is 23.1 Å². The molecule has 0 spiro atoms. The standard InChI is InChI=1S/C18H18N4O3S2/c1-11-17(26-7-6-19)27-18(20-11)21-16(24)12-8-15(23)22(10-12)13-4-3-5-14(9-13)25-2/h3-5,9,12H,7-8,10H2,1-2H3,(H,20,21,24). The van der Waals surface area contributed by atoms with Crippen molar-refractivity contribution in [1.82, 2.24) is 4.98 Å². The Bertz CT molecular complexity index is 906. The number of aryl methyl sites for hydroxylation is 1. The summed E-state index contributed by atoms with van der Waals surface area (Å²) < 4.78 is 6.11. The van der Waals surface area contributed by atoms with E-state index in [0.29, 0.717) is 23.2 Å². The molecule has 1 saturated heterocycles. The summed E-state index contributed by atoms with van der Waals surface area (Å²) in [4.78, 5) is 30.9. The van der Waals surface area contributed by atoms with Crippen molar-refractivity contribution >= 4 is 45.7 Å². The zero-order valence-electron chi connectivity index (χ0n) is 14.9. The number of hydrogen-bond donors (Lipinski definition) is 1. The molecule has 1 aromatic heterocycles. The largest absolute Gasteiger partial charge is 0.497 e. The number of nitrogens with zero attached hydrogens (tertiary/aromatic N) is 3. The second-order valence-electron chi connectivity index (χ2n) is 5.93. The van der Waals surface area contributed by atoms with E-state index in [2.05, 4.69) is 16.4 Å². The molecule has 140 valence electrons. The van der Waals surface area contributed by atoms with Gasteiger partial charge in [0.2, 0.25) is 11.8 Å². The Kier molecular flexibility index (Phi) is 5.98. The summed E-state index contributed by atoms with van der Waals surface area (Å²) in [6, 6.07) is 9.30. The predicted molar refractivity (Wildman–Crippen MR) is 105 cm³/mol. The first-order valence-corrected chi connectivity index (χ1v) is 10.0. The van der Waals surface area contributed by atoms with E-state index in [4.69, 9.17) is 10.00 Å². The molecule has 7 nitrogen and oxygen atoms in total. The van der Waals surface area contributed by atoms with Crippen molar-refractivity contribution in [2.45, 2.75) is 17.6 Å². The molecule has 1 atom stereocenters. The van der Waals surface area contributed by atoms with Gasteiger partial charge in [0.1, 0.15) is 5.75 Å². The summed E-state index contributed by atoms with van der Waals surface area (Å²) in [5.74, 6) is 0.239. The van der Waals surface area contributed by atoms with E-state index in [0.717, 1.165) is 15.6 Å². The number of thiazole rings is 1. The summed E-state index contributed by atoms with van der Waals surface area (Å²) in [5, 5.41) is 12.0. The number of benzene rings is 1. The molecule has 27 heavy (non-hydrogen) atoms. The van der Waals surface area contributed by atoms with Crippen LogP contribution in [0.5, 0.6) is 5.75 Å². The Morgan fingerprint density at radius 2 is 2.37 bits per heavy atom. The molecule has 9 heteroatoms. The van der Waals surface area contributed by atoms with Crippen LogP contribution in [0.2, 0.25) is 0 Å². The first kappa shape index (κ1) is 19.2. The Morgan fingerprint density at radius 3 is 3.11 bits per heavy atom. The summed E-state index contributed by atoms with van der Waals surface area (Å²) in [5.41, 5.74) is 1.51. The summed E-state index contributed by atoms with van der Waals surface area (Å²) >= 11 is 2.74. The van der Waals surface area contributed by atoms with Crippen molar-refractivity contribution < 1.29 is 14.3 Å². The number of rotatable bonds is 6. The number of ether oxygens (including phenoxy) is 1. The van der Waals surface area contributed by atoms with E-state index >= 15 is 0 Å². The van der Waals surface area contributed by atoms with E-state index < -0.39 is 5.92 Å². The number of methoxy groups -OCH3 is 1. The van der Waals surface area contributed by atoms with Crippen LogP contribution in [0.3, 0.4) is 0 Å². The van der Waals surface area contributed by atoms with Gasteiger partial charge in [-0.25, -0.2) is 4.98 Å². The Balaban J connectivity index is 1.66. The van der Waals surface area contributed by atoms with E-state index in [-0.39, 0.29) is 18.2 Å². The highest BCUT2D eigenvalue weighted by atomic mass is 32.2. The third kappa shape index (κ3) is 4.40. The molecule has 1 N–H and O–H groups in total. The van der Waals surface area contributed by atoms with Crippen LogP contribution in [0.25, 0.3) is 0 Å². The Morgan fingerprint density at radius 1 is 1.56 bits per heavy atom. The molecule has 2 aromatic rings. The quantitative estimate of drug-likeness (QED) is 0.746. The minimum Gasteiger partial charge on any atom is -0.497 e. The molecule has 1 unspecified atom stereocenters. The van der Waals surface area contributed by atoms with E-state index in [1.54, 1.807) is 24.1 Å². The van der Waals surface area contributed by atoms with Gasteiger partial charge < -0.3 is 15.0 Å². The number of amides is 2. The molecular weight excluding hydrogens is 384 g/mol. The van der Waals surface area contributed by atoms with Gasteiger partial charge in [-0.1, -0.05) is 29.2 Å². The first-order valence-electron chi connectivity index (χ1n) is 8.24. The lowest BCUT2D eigenvalue weighted by atomic mass is 10.1. The van der Waals surface area contributed by atoms with Crippen molar-refractivity contribution in [2.24, 2.45) is 5.92 Å². The van der Waals surface area contributed by atoms with Gasteiger partial charge in [-0.15, -0.1) is 0 Å². The molecule has 2 heterocycles. The second kappa shape index (κ2) is 8.41. The van der Waals surface area contributed by atoms with Crippen molar-refractivity contribution in [3.63, 3.8) is 0 Å². The third-order valence-electron chi connectivity index (χ3n) is 4.11. The maximum Gasteiger partial charge on any atom is 0.231 e. The summed E-state index contributed by atoms with van der Waals surface area (Å²) in [6.07, 6.45) is 0.156. The molecule has 1 aliphatic rings. The monoisotopic (exact) mass is 402 g/mol. The lowest BCUT2D eigenvalue weighted by Gasteiger charge is -2.17. The van der Waals surface area contributed by atoms with Gasteiger partial charge in [-0.05, 0) is 19.1 Å². The van der Waals surface area contributed by atoms with Gasteiger partial charge in [-0.2, -0.15) is 5.26 Å². The van der Waals surface area contributed by atoms with Crippen LogP contribution < -0.4 is 15.0 Å². The topological polar surface area (TPSA) is 95.3 Å². The Hall–Kier alpha value is -2.57. The molecule has 0 radical (unpaired) electrons. The van der Waals surface area contributed by atoms with Gasteiger partial charge in [-0.3, -0.25) is 9.59 Å². The lowest BCUT2D eigenvalue weighted by molar-refractivity contribution is -0.122. The van der Waals surface area contributed by atoms with Crippen molar-refractivity contribution in [3.8, 4) is 11.8 Å². The number of thioether (sulfide) groups is 1. The fourth-order valence-electron chi connectivity index (χ4n) is 2.79. The lowest BCUT2D eigenvalue weighted by Crippen LogP contribution is -2.28. The van der Waals surface area contributed by atoms with Gasteiger partial charge in [0, 0.05) is 24.7 Å². The average molecular weight is 403 g/mol. The molecule has 3 rings (SSSR count).